The number of ether oxygens (including phenoxy) is 1. The van der Waals surface area contributed by atoms with Crippen molar-refractivity contribution in [2.24, 2.45) is 4.99 Å². The minimum absolute atomic E-state index is 0.202. The van der Waals surface area contributed by atoms with Gasteiger partial charge in [-0.05, 0) is 24.1 Å². The maximum absolute atomic E-state index is 5.58. The van der Waals surface area contributed by atoms with Gasteiger partial charge in [-0.15, -0.1) is 0 Å². The molecule has 0 radical (unpaired) electrons. The summed E-state index contributed by atoms with van der Waals surface area (Å²) in [4.78, 5) is 4.56. The second-order valence-electron chi connectivity index (χ2n) is 4.58. The van der Waals surface area contributed by atoms with E-state index in [0.29, 0.717) is 12.6 Å². The van der Waals surface area contributed by atoms with E-state index in [0.717, 1.165) is 12.1 Å². The zero-order chi connectivity index (χ0) is 12.9. The Labute approximate surface area is 113 Å². The highest BCUT2D eigenvalue weighted by atomic mass is 16.5. The van der Waals surface area contributed by atoms with Gasteiger partial charge < -0.3 is 10.1 Å². The third-order valence-corrected chi connectivity index (χ3v) is 3.05. The first-order valence-electron chi connectivity index (χ1n) is 6.47. The quantitative estimate of drug-likeness (QED) is 0.910. The summed E-state index contributed by atoms with van der Waals surface area (Å²) in [5, 5.41) is 3.18. The minimum Gasteiger partial charge on any atom is -0.463 e. The average Bonchev–Trinajstić information content (AvgIpc) is 2.88. The van der Waals surface area contributed by atoms with Crippen LogP contribution in [0.5, 0.6) is 0 Å². The molecule has 0 aromatic heterocycles. The van der Waals surface area contributed by atoms with Crippen LogP contribution in [0.3, 0.4) is 0 Å². The molecule has 1 atom stereocenters. The van der Waals surface area contributed by atoms with Crippen LogP contribution in [0.4, 0.5) is 5.69 Å². The summed E-state index contributed by atoms with van der Waals surface area (Å²) >= 11 is 0. The van der Waals surface area contributed by atoms with Gasteiger partial charge in [0.1, 0.15) is 6.61 Å². The molecule has 0 unspecified atom stereocenters. The number of benzene rings is 2. The van der Waals surface area contributed by atoms with Crippen molar-refractivity contribution >= 4 is 11.7 Å². The molecule has 0 saturated carbocycles. The zero-order valence-electron chi connectivity index (χ0n) is 10.6. The lowest BCUT2D eigenvalue weighted by Crippen LogP contribution is -2.11. The number of para-hydroxylation sites is 1. The first-order chi connectivity index (χ1) is 9.40. The molecular formula is C16H16N2O. The Morgan fingerprint density at radius 3 is 2.42 bits per heavy atom. The van der Waals surface area contributed by atoms with Crippen LogP contribution in [-0.2, 0) is 11.2 Å². The monoisotopic (exact) mass is 252 g/mol. The highest BCUT2D eigenvalue weighted by molar-refractivity contribution is 5.89. The Kier molecular flexibility index (Phi) is 3.45. The Bertz CT molecular complexity index is 551. The SMILES string of the molecule is c1ccc(C[C@H]2COC(Nc3ccccc3)=N2)cc1. The Morgan fingerprint density at radius 1 is 1.00 bits per heavy atom. The Morgan fingerprint density at radius 2 is 1.68 bits per heavy atom. The second kappa shape index (κ2) is 5.57. The lowest BCUT2D eigenvalue weighted by molar-refractivity contribution is 0.315. The normalized spacial score (nSPS) is 17.7. The van der Waals surface area contributed by atoms with E-state index in [1.54, 1.807) is 0 Å². The van der Waals surface area contributed by atoms with Crippen LogP contribution >= 0.6 is 0 Å². The molecular weight excluding hydrogens is 236 g/mol. The summed E-state index contributed by atoms with van der Waals surface area (Å²) < 4.78 is 5.58. The molecule has 1 aliphatic heterocycles. The summed E-state index contributed by atoms with van der Waals surface area (Å²) in [5.74, 6) is 0. The van der Waals surface area contributed by atoms with E-state index < -0.39 is 0 Å². The van der Waals surface area contributed by atoms with E-state index >= 15 is 0 Å². The summed E-state index contributed by atoms with van der Waals surface area (Å²) in [6.07, 6.45) is 0.917. The summed E-state index contributed by atoms with van der Waals surface area (Å²) in [5.41, 5.74) is 2.29. The molecule has 0 fully saturated rings. The number of nitrogens with zero attached hydrogens (tertiary/aromatic N) is 1. The van der Waals surface area contributed by atoms with Gasteiger partial charge in [0.2, 0.25) is 0 Å². The molecule has 2 aromatic carbocycles. The van der Waals surface area contributed by atoms with Crippen LogP contribution in [0.1, 0.15) is 5.56 Å². The fourth-order valence-electron chi connectivity index (χ4n) is 2.12. The fourth-order valence-corrected chi connectivity index (χ4v) is 2.12. The summed E-state index contributed by atoms with van der Waals surface area (Å²) in [6.45, 7) is 0.643. The Hall–Kier alpha value is -2.29. The lowest BCUT2D eigenvalue weighted by Gasteiger charge is -2.04. The molecule has 19 heavy (non-hydrogen) atoms. The van der Waals surface area contributed by atoms with Crippen molar-refractivity contribution in [3.63, 3.8) is 0 Å². The van der Waals surface area contributed by atoms with Gasteiger partial charge in [0.15, 0.2) is 0 Å². The van der Waals surface area contributed by atoms with Crippen molar-refractivity contribution in [3.8, 4) is 0 Å². The predicted octanol–water partition coefficient (Wildman–Crippen LogP) is 3.10. The number of aliphatic imine (C=N–C) groups is 1. The first kappa shape index (κ1) is 11.8. The van der Waals surface area contributed by atoms with Crippen molar-refractivity contribution < 1.29 is 4.74 Å². The molecule has 0 bridgehead atoms. The van der Waals surface area contributed by atoms with Gasteiger partial charge in [-0.2, -0.15) is 0 Å². The summed E-state index contributed by atoms with van der Waals surface area (Å²) in [6, 6.07) is 21.2. The van der Waals surface area contributed by atoms with Gasteiger partial charge in [0.05, 0.1) is 6.04 Å². The fraction of sp³-hybridized carbons (Fsp3) is 0.188. The molecule has 3 nitrogen and oxygen atoms in total. The third-order valence-electron chi connectivity index (χ3n) is 3.05. The van der Waals surface area contributed by atoms with Crippen molar-refractivity contribution in [2.45, 2.75) is 12.5 Å². The van der Waals surface area contributed by atoms with Gasteiger partial charge in [-0.1, -0.05) is 48.5 Å². The van der Waals surface area contributed by atoms with Gasteiger partial charge in [-0.3, -0.25) is 0 Å². The van der Waals surface area contributed by atoms with Crippen molar-refractivity contribution in [1.82, 2.24) is 0 Å². The molecule has 0 aliphatic carbocycles. The molecule has 1 heterocycles. The maximum Gasteiger partial charge on any atom is 0.289 e. The highest BCUT2D eigenvalue weighted by Crippen LogP contribution is 2.13. The van der Waals surface area contributed by atoms with E-state index in [4.69, 9.17) is 4.74 Å². The number of hydrogen-bond acceptors (Lipinski definition) is 3. The molecule has 3 heteroatoms. The number of rotatable bonds is 3. The number of anilines is 1. The molecule has 0 saturated heterocycles. The minimum atomic E-state index is 0.202. The van der Waals surface area contributed by atoms with Crippen LogP contribution in [0, 0.1) is 0 Å². The second-order valence-corrected chi connectivity index (χ2v) is 4.58. The van der Waals surface area contributed by atoms with E-state index in [2.05, 4.69) is 34.6 Å². The molecule has 1 aliphatic rings. The van der Waals surface area contributed by atoms with Crippen molar-refractivity contribution in [2.75, 3.05) is 11.9 Å². The summed E-state index contributed by atoms with van der Waals surface area (Å²) in [7, 11) is 0. The molecule has 96 valence electrons. The van der Waals surface area contributed by atoms with Crippen LogP contribution in [0.2, 0.25) is 0 Å². The molecule has 0 spiro atoms. The van der Waals surface area contributed by atoms with E-state index in [1.807, 2.05) is 36.4 Å². The highest BCUT2D eigenvalue weighted by Gasteiger charge is 2.19. The molecule has 1 N–H and O–H groups in total. The molecule has 0 amide bonds. The van der Waals surface area contributed by atoms with Crippen LogP contribution < -0.4 is 5.32 Å². The molecule has 2 aromatic rings. The average molecular weight is 252 g/mol. The number of hydrogen-bond donors (Lipinski definition) is 1. The van der Waals surface area contributed by atoms with E-state index in [-0.39, 0.29) is 6.04 Å². The lowest BCUT2D eigenvalue weighted by atomic mass is 10.1. The van der Waals surface area contributed by atoms with Crippen LogP contribution in [-0.4, -0.2) is 18.7 Å². The van der Waals surface area contributed by atoms with Crippen molar-refractivity contribution in [1.29, 1.82) is 0 Å². The van der Waals surface area contributed by atoms with Crippen LogP contribution in [0.15, 0.2) is 65.7 Å². The first-order valence-corrected chi connectivity index (χ1v) is 6.47. The van der Waals surface area contributed by atoms with Gasteiger partial charge in [-0.25, -0.2) is 4.99 Å². The standard InChI is InChI=1S/C16H16N2O/c1-3-7-13(8-4-1)11-15-12-19-16(18-15)17-14-9-5-2-6-10-14/h1-10,15H,11-12H2,(H,17,18)/t15-/m0/s1. The van der Waals surface area contributed by atoms with Crippen LogP contribution in [0.25, 0.3) is 0 Å². The predicted molar refractivity (Wildman–Crippen MR) is 77.4 cm³/mol. The third kappa shape index (κ3) is 3.13. The van der Waals surface area contributed by atoms with Gasteiger partial charge >= 0.3 is 0 Å². The molecule has 3 rings (SSSR count). The topological polar surface area (TPSA) is 33.6 Å². The largest absolute Gasteiger partial charge is 0.463 e. The van der Waals surface area contributed by atoms with E-state index in [1.165, 1.54) is 5.56 Å². The smallest absolute Gasteiger partial charge is 0.289 e. The van der Waals surface area contributed by atoms with Gasteiger partial charge in [0, 0.05) is 5.69 Å². The van der Waals surface area contributed by atoms with E-state index in [9.17, 15) is 0 Å². The number of amidine groups is 1. The zero-order valence-corrected chi connectivity index (χ0v) is 10.6. The maximum atomic E-state index is 5.58. The Balaban J connectivity index is 1.62. The van der Waals surface area contributed by atoms with Gasteiger partial charge in [0.25, 0.3) is 6.02 Å². The van der Waals surface area contributed by atoms with Crippen molar-refractivity contribution in [3.05, 3.63) is 66.2 Å². The number of nitrogens with one attached hydrogen (secondary N) is 1.